The Hall–Kier alpha value is -2.24. The van der Waals surface area contributed by atoms with Crippen LogP contribution in [0.2, 0.25) is 0 Å². The Kier molecular flexibility index (Phi) is 9.81. The second kappa shape index (κ2) is 12.3. The molecule has 0 amide bonds. The summed E-state index contributed by atoms with van der Waals surface area (Å²) >= 11 is 1.70. The fourth-order valence-electron chi connectivity index (χ4n) is 2.47. The van der Waals surface area contributed by atoms with E-state index in [0.29, 0.717) is 26.4 Å². The van der Waals surface area contributed by atoms with Crippen LogP contribution in [0.4, 0.5) is 0 Å². The zero-order valence-electron chi connectivity index (χ0n) is 18.0. The van der Waals surface area contributed by atoms with E-state index < -0.39 is 0 Å². The zero-order valence-corrected chi connectivity index (χ0v) is 18.8. The van der Waals surface area contributed by atoms with Gasteiger partial charge < -0.3 is 9.47 Å². The molecule has 0 unspecified atom stereocenters. The lowest BCUT2D eigenvalue weighted by Crippen LogP contribution is -2.28. The van der Waals surface area contributed by atoms with Crippen LogP contribution in [0, 0.1) is 29.1 Å². The number of nitrogens with zero attached hydrogens (tertiary/aromatic N) is 1. The molecule has 29 heavy (non-hydrogen) atoms. The molecule has 1 aromatic carbocycles. The molecular weight excluding hydrogens is 378 g/mol. The van der Waals surface area contributed by atoms with Gasteiger partial charge in [0.2, 0.25) is 0 Å². The highest BCUT2D eigenvalue weighted by molar-refractivity contribution is 7.08. The number of likely N-dealkylation sites (N-methyl/N-ethyl adjacent to an activating group) is 1. The van der Waals surface area contributed by atoms with Gasteiger partial charge in [0.15, 0.2) is 0 Å². The van der Waals surface area contributed by atoms with Crippen LogP contribution < -0.4 is 4.74 Å². The van der Waals surface area contributed by atoms with Crippen LogP contribution in [0.1, 0.15) is 27.7 Å². The largest absolute Gasteiger partial charge is 0.491 e. The first-order valence-corrected chi connectivity index (χ1v) is 11.0. The fourth-order valence-corrected chi connectivity index (χ4v) is 3.14. The normalized spacial score (nSPS) is 10.8. The van der Waals surface area contributed by atoms with E-state index in [-0.39, 0.29) is 5.41 Å². The summed E-state index contributed by atoms with van der Waals surface area (Å²) in [6.07, 6.45) is 0. The average Bonchev–Trinajstić information content (AvgIpc) is 3.23. The summed E-state index contributed by atoms with van der Waals surface area (Å²) in [4.78, 5) is 2.25. The minimum absolute atomic E-state index is 0.000252. The minimum atomic E-state index is 0.000252. The van der Waals surface area contributed by atoms with Crippen molar-refractivity contribution in [2.24, 2.45) is 5.41 Å². The van der Waals surface area contributed by atoms with Gasteiger partial charge in [-0.05, 0) is 79.2 Å². The quantitative estimate of drug-likeness (QED) is 0.398. The summed E-state index contributed by atoms with van der Waals surface area (Å²) in [6, 6.07) is 10.3. The monoisotopic (exact) mass is 409 g/mol. The molecule has 0 radical (unpaired) electrons. The van der Waals surface area contributed by atoms with E-state index in [4.69, 9.17) is 9.47 Å². The van der Waals surface area contributed by atoms with E-state index in [1.165, 1.54) is 11.1 Å². The van der Waals surface area contributed by atoms with Gasteiger partial charge in [-0.25, -0.2) is 0 Å². The molecule has 1 heterocycles. The molecule has 0 atom stereocenters. The number of benzene rings is 1. The molecule has 0 spiro atoms. The topological polar surface area (TPSA) is 21.7 Å². The maximum absolute atomic E-state index is 5.82. The van der Waals surface area contributed by atoms with Crippen molar-refractivity contribution in [2.45, 2.75) is 27.7 Å². The molecule has 0 aliphatic carbocycles. The second-order valence-electron chi connectivity index (χ2n) is 7.67. The van der Waals surface area contributed by atoms with Crippen molar-refractivity contribution in [1.29, 1.82) is 0 Å². The van der Waals surface area contributed by atoms with Crippen molar-refractivity contribution in [2.75, 3.05) is 39.5 Å². The Balaban J connectivity index is 1.63. The van der Waals surface area contributed by atoms with Gasteiger partial charge >= 0.3 is 0 Å². The lowest BCUT2D eigenvalue weighted by Gasteiger charge is -2.17. The third-order valence-corrected chi connectivity index (χ3v) is 4.76. The Morgan fingerprint density at radius 3 is 2.62 bits per heavy atom. The molecule has 0 aliphatic rings. The summed E-state index contributed by atoms with van der Waals surface area (Å²) < 4.78 is 11.5. The first-order chi connectivity index (χ1) is 14.0. The summed E-state index contributed by atoms with van der Waals surface area (Å²) in [5.74, 6) is 13.0. The summed E-state index contributed by atoms with van der Waals surface area (Å²) in [5, 5.41) is 4.23. The molecule has 0 aliphatic heterocycles. The fraction of sp³-hybridized carbons (Fsp3) is 0.440. The van der Waals surface area contributed by atoms with E-state index in [2.05, 4.69) is 85.2 Å². The van der Waals surface area contributed by atoms with Gasteiger partial charge in [-0.2, -0.15) is 11.3 Å². The third kappa shape index (κ3) is 9.68. The van der Waals surface area contributed by atoms with Crippen LogP contribution in [0.15, 0.2) is 41.1 Å². The maximum atomic E-state index is 5.82. The zero-order chi connectivity index (χ0) is 21.0. The van der Waals surface area contributed by atoms with Gasteiger partial charge in [0, 0.05) is 12.0 Å². The summed E-state index contributed by atoms with van der Waals surface area (Å²) in [5.41, 5.74) is 2.40. The Bertz CT molecular complexity index is 845. The van der Waals surface area contributed by atoms with Gasteiger partial charge in [-0.1, -0.05) is 30.9 Å². The van der Waals surface area contributed by atoms with Crippen molar-refractivity contribution < 1.29 is 9.47 Å². The molecule has 0 saturated heterocycles. The molecule has 0 bridgehead atoms. The van der Waals surface area contributed by atoms with E-state index in [1.807, 2.05) is 12.1 Å². The summed E-state index contributed by atoms with van der Waals surface area (Å²) in [7, 11) is 0. The van der Waals surface area contributed by atoms with Crippen molar-refractivity contribution in [3.05, 3.63) is 41.1 Å². The number of thiophene rings is 1. The Labute approximate surface area is 180 Å². The molecule has 3 nitrogen and oxygen atoms in total. The van der Waals surface area contributed by atoms with E-state index in [1.54, 1.807) is 11.3 Å². The lowest BCUT2D eigenvalue weighted by atomic mass is 9.98. The van der Waals surface area contributed by atoms with Gasteiger partial charge in [-0.15, -0.1) is 0 Å². The predicted molar refractivity (Wildman–Crippen MR) is 123 cm³/mol. The van der Waals surface area contributed by atoms with Crippen molar-refractivity contribution >= 4 is 11.3 Å². The number of hydrogen-bond donors (Lipinski definition) is 0. The molecule has 0 saturated carbocycles. The van der Waals surface area contributed by atoms with Gasteiger partial charge in [0.1, 0.15) is 12.4 Å². The highest BCUT2D eigenvalue weighted by Gasteiger charge is 2.03. The highest BCUT2D eigenvalue weighted by Crippen LogP contribution is 2.25. The predicted octanol–water partition coefficient (Wildman–Crippen LogP) is 5.19. The van der Waals surface area contributed by atoms with Crippen molar-refractivity contribution in [1.82, 2.24) is 4.90 Å². The van der Waals surface area contributed by atoms with Crippen LogP contribution in [0.25, 0.3) is 11.1 Å². The second-order valence-corrected chi connectivity index (χ2v) is 8.45. The molecule has 154 valence electrons. The van der Waals surface area contributed by atoms with Crippen molar-refractivity contribution in [3.8, 4) is 40.6 Å². The Morgan fingerprint density at radius 1 is 1.03 bits per heavy atom. The molecule has 0 N–H and O–H groups in total. The molecule has 0 fully saturated rings. The molecule has 2 rings (SSSR count). The van der Waals surface area contributed by atoms with Gasteiger partial charge in [0.25, 0.3) is 0 Å². The standard InChI is InChI=1S/C25H31NO2S/c1-5-26(14-8-6-7-13-25(2,3)4)15-16-27-17-18-28-24-11-9-10-22(20-24)23-12-19-29-21-23/h9-12,19-21H,5,14-18H2,1-4H3. The van der Waals surface area contributed by atoms with Crippen LogP contribution in [0.5, 0.6) is 5.75 Å². The molecule has 4 heteroatoms. The van der Waals surface area contributed by atoms with Crippen LogP contribution in [-0.2, 0) is 4.74 Å². The first-order valence-electron chi connectivity index (χ1n) is 10.0. The smallest absolute Gasteiger partial charge is 0.120 e. The maximum Gasteiger partial charge on any atom is 0.120 e. The number of hydrogen-bond acceptors (Lipinski definition) is 4. The van der Waals surface area contributed by atoms with E-state index in [9.17, 15) is 0 Å². The molecule has 1 aromatic heterocycles. The van der Waals surface area contributed by atoms with E-state index >= 15 is 0 Å². The Morgan fingerprint density at radius 2 is 1.90 bits per heavy atom. The van der Waals surface area contributed by atoms with Gasteiger partial charge in [-0.3, -0.25) is 4.90 Å². The average molecular weight is 410 g/mol. The van der Waals surface area contributed by atoms with Crippen LogP contribution in [0.3, 0.4) is 0 Å². The van der Waals surface area contributed by atoms with Crippen LogP contribution in [-0.4, -0.2) is 44.4 Å². The number of rotatable bonds is 10. The molecular formula is C25H31NO2S. The number of ether oxygens (including phenoxy) is 2. The first kappa shape index (κ1) is 23.0. The van der Waals surface area contributed by atoms with Gasteiger partial charge in [0.05, 0.1) is 19.8 Å². The molecule has 2 aromatic rings. The minimum Gasteiger partial charge on any atom is -0.491 e. The van der Waals surface area contributed by atoms with E-state index in [0.717, 1.165) is 18.8 Å². The lowest BCUT2D eigenvalue weighted by molar-refractivity contribution is 0.0835. The summed E-state index contributed by atoms with van der Waals surface area (Å²) in [6.45, 7) is 12.7. The third-order valence-electron chi connectivity index (χ3n) is 4.08. The highest BCUT2D eigenvalue weighted by atomic mass is 32.1. The van der Waals surface area contributed by atoms with Crippen molar-refractivity contribution in [3.63, 3.8) is 0 Å². The van der Waals surface area contributed by atoms with Crippen LogP contribution >= 0.6 is 11.3 Å². The SMILES string of the molecule is CCN(CC#CC#CC(C)(C)C)CCOCCOc1cccc(-c2ccsc2)c1.